The molecule has 0 saturated heterocycles. The van der Waals surface area contributed by atoms with Crippen LogP contribution >= 0.6 is 0 Å². The Morgan fingerprint density at radius 2 is 1.60 bits per heavy atom. The van der Waals surface area contributed by atoms with Crippen LogP contribution in [0.5, 0.6) is 0 Å². The highest BCUT2D eigenvalue weighted by Crippen LogP contribution is 2.19. The highest BCUT2D eigenvalue weighted by atomic mass is 16.2. The number of hydrogen-bond donors (Lipinski definition) is 3. The van der Waals surface area contributed by atoms with E-state index in [0.29, 0.717) is 17.7 Å². The van der Waals surface area contributed by atoms with Crippen molar-refractivity contribution in [3.8, 4) is 0 Å². The maximum atomic E-state index is 12.2. The topological polar surface area (TPSA) is 87.3 Å². The number of carbonyl (C=O) groups excluding carboxylic acids is 3. The number of carbonyl (C=O) groups is 3. The predicted molar refractivity (Wildman–Crippen MR) is 119 cm³/mol. The van der Waals surface area contributed by atoms with Gasteiger partial charge in [-0.15, -0.1) is 0 Å². The smallest absolute Gasteiger partial charge is 0.269 e. The van der Waals surface area contributed by atoms with E-state index in [4.69, 9.17) is 0 Å². The second-order valence-electron chi connectivity index (χ2n) is 6.72. The fourth-order valence-electron chi connectivity index (χ4n) is 2.95. The summed E-state index contributed by atoms with van der Waals surface area (Å²) in [5, 5.41) is 4.88. The van der Waals surface area contributed by atoms with Crippen molar-refractivity contribution in [3.63, 3.8) is 0 Å². The standard InChI is InChI=1S/C24H23N3O3/c1-2-6-22(28)25-20-14-11-19(12-15-20)24(30)27-26-23(29)16-13-18-9-5-8-17-7-3-4-10-21(17)18/h3-5,7-16H,2,6H2,1H3,(H,25,28)(H,26,29)(H,27,30)/b16-13+. The highest BCUT2D eigenvalue weighted by Gasteiger charge is 2.07. The SMILES string of the molecule is CCCC(=O)Nc1ccc(C(=O)NNC(=O)/C=C/c2cccc3ccccc23)cc1. The number of hydrogen-bond acceptors (Lipinski definition) is 3. The third kappa shape index (κ3) is 5.54. The van der Waals surface area contributed by atoms with Gasteiger partial charge >= 0.3 is 0 Å². The molecule has 0 aliphatic rings. The third-order valence-corrected chi connectivity index (χ3v) is 4.44. The first-order valence-corrected chi connectivity index (χ1v) is 9.73. The number of amides is 3. The van der Waals surface area contributed by atoms with E-state index in [2.05, 4.69) is 16.2 Å². The van der Waals surface area contributed by atoms with Gasteiger partial charge in [0.25, 0.3) is 11.8 Å². The molecule has 3 N–H and O–H groups in total. The van der Waals surface area contributed by atoms with Crippen molar-refractivity contribution in [2.24, 2.45) is 0 Å². The van der Waals surface area contributed by atoms with Gasteiger partial charge in [-0.3, -0.25) is 25.2 Å². The molecule has 30 heavy (non-hydrogen) atoms. The summed E-state index contributed by atoms with van der Waals surface area (Å²) in [5.41, 5.74) is 6.64. The maximum Gasteiger partial charge on any atom is 0.269 e. The molecule has 3 amide bonds. The quantitative estimate of drug-likeness (QED) is 0.430. The normalized spacial score (nSPS) is 10.7. The average Bonchev–Trinajstić information content (AvgIpc) is 2.76. The van der Waals surface area contributed by atoms with Gasteiger partial charge in [0.05, 0.1) is 0 Å². The fourth-order valence-corrected chi connectivity index (χ4v) is 2.95. The summed E-state index contributed by atoms with van der Waals surface area (Å²) >= 11 is 0. The molecule has 0 aliphatic heterocycles. The molecule has 0 aromatic heterocycles. The van der Waals surface area contributed by atoms with Crippen LogP contribution in [0.1, 0.15) is 35.7 Å². The van der Waals surface area contributed by atoms with Crippen molar-refractivity contribution in [2.75, 3.05) is 5.32 Å². The summed E-state index contributed by atoms with van der Waals surface area (Å²) in [5.74, 6) is -0.965. The van der Waals surface area contributed by atoms with Crippen LogP contribution in [-0.2, 0) is 9.59 Å². The van der Waals surface area contributed by atoms with E-state index in [-0.39, 0.29) is 5.91 Å². The van der Waals surface area contributed by atoms with Crippen molar-refractivity contribution in [2.45, 2.75) is 19.8 Å². The summed E-state index contributed by atoms with van der Waals surface area (Å²) in [6.07, 6.45) is 4.29. The van der Waals surface area contributed by atoms with E-state index in [0.717, 1.165) is 22.8 Å². The average molecular weight is 401 g/mol. The first-order chi connectivity index (χ1) is 14.6. The van der Waals surface area contributed by atoms with Crippen LogP contribution in [0.4, 0.5) is 5.69 Å². The van der Waals surface area contributed by atoms with Crippen molar-refractivity contribution in [1.82, 2.24) is 10.9 Å². The van der Waals surface area contributed by atoms with E-state index in [9.17, 15) is 14.4 Å². The number of rotatable bonds is 6. The van der Waals surface area contributed by atoms with Crippen molar-refractivity contribution in [1.29, 1.82) is 0 Å². The first-order valence-electron chi connectivity index (χ1n) is 9.73. The van der Waals surface area contributed by atoms with E-state index >= 15 is 0 Å². The Balaban J connectivity index is 1.54. The Kier molecular flexibility index (Phi) is 6.95. The lowest BCUT2D eigenvalue weighted by atomic mass is 10.0. The minimum atomic E-state index is -0.451. The molecule has 0 heterocycles. The van der Waals surface area contributed by atoms with Crippen LogP contribution in [0.15, 0.2) is 72.8 Å². The molecular weight excluding hydrogens is 378 g/mol. The molecule has 0 spiro atoms. The third-order valence-electron chi connectivity index (χ3n) is 4.44. The Labute approximate surface area is 175 Å². The highest BCUT2D eigenvalue weighted by molar-refractivity contribution is 6.00. The van der Waals surface area contributed by atoms with Gasteiger partial charge in [-0.05, 0) is 53.1 Å². The van der Waals surface area contributed by atoms with Gasteiger partial charge in [0.15, 0.2) is 0 Å². The van der Waals surface area contributed by atoms with Gasteiger partial charge in [0, 0.05) is 23.7 Å². The number of nitrogens with one attached hydrogen (secondary N) is 3. The Morgan fingerprint density at radius 1 is 0.867 bits per heavy atom. The van der Waals surface area contributed by atoms with Crippen molar-refractivity contribution >= 4 is 40.3 Å². The summed E-state index contributed by atoms with van der Waals surface area (Å²) in [6, 6.07) is 20.2. The molecule has 6 nitrogen and oxygen atoms in total. The monoisotopic (exact) mass is 401 g/mol. The van der Waals surface area contributed by atoms with Crippen LogP contribution in [0.3, 0.4) is 0 Å². The number of benzene rings is 3. The molecule has 0 bridgehead atoms. The molecule has 3 aromatic carbocycles. The van der Waals surface area contributed by atoms with Gasteiger partial charge in [0.2, 0.25) is 5.91 Å². The lowest BCUT2D eigenvalue weighted by Crippen LogP contribution is -2.40. The van der Waals surface area contributed by atoms with E-state index in [1.165, 1.54) is 6.08 Å². The number of anilines is 1. The van der Waals surface area contributed by atoms with Crippen molar-refractivity contribution in [3.05, 3.63) is 83.9 Å². The predicted octanol–water partition coefficient (Wildman–Crippen LogP) is 4.05. The molecular formula is C24H23N3O3. The number of fused-ring (bicyclic) bond motifs is 1. The molecule has 6 heteroatoms. The molecule has 0 radical (unpaired) electrons. The van der Waals surface area contributed by atoms with Gasteiger partial charge in [-0.25, -0.2) is 0 Å². The van der Waals surface area contributed by atoms with Gasteiger partial charge < -0.3 is 5.32 Å². The molecule has 0 fully saturated rings. The second-order valence-corrected chi connectivity index (χ2v) is 6.72. The minimum absolute atomic E-state index is 0.0695. The maximum absolute atomic E-state index is 12.2. The summed E-state index contributed by atoms with van der Waals surface area (Å²) in [7, 11) is 0. The fraction of sp³-hybridized carbons (Fsp3) is 0.125. The molecule has 3 rings (SSSR count). The van der Waals surface area contributed by atoms with Crippen LogP contribution in [0.2, 0.25) is 0 Å². The van der Waals surface area contributed by atoms with Crippen LogP contribution < -0.4 is 16.2 Å². The summed E-state index contributed by atoms with van der Waals surface area (Å²) in [4.78, 5) is 35.9. The van der Waals surface area contributed by atoms with E-state index < -0.39 is 11.8 Å². The molecule has 0 unspecified atom stereocenters. The zero-order valence-corrected chi connectivity index (χ0v) is 16.6. The Hall–Kier alpha value is -3.93. The molecule has 3 aromatic rings. The lowest BCUT2D eigenvalue weighted by Gasteiger charge is -2.07. The molecule has 152 valence electrons. The lowest BCUT2D eigenvalue weighted by molar-refractivity contribution is -0.117. The second kappa shape index (κ2) is 10.0. The molecule has 0 aliphatic carbocycles. The van der Waals surface area contributed by atoms with Gasteiger partial charge in [-0.1, -0.05) is 49.4 Å². The van der Waals surface area contributed by atoms with Gasteiger partial charge in [0.1, 0.15) is 0 Å². The van der Waals surface area contributed by atoms with E-state index in [1.807, 2.05) is 49.4 Å². The van der Waals surface area contributed by atoms with Crippen LogP contribution in [0, 0.1) is 0 Å². The van der Waals surface area contributed by atoms with Crippen LogP contribution in [0.25, 0.3) is 16.8 Å². The Morgan fingerprint density at radius 3 is 2.37 bits per heavy atom. The molecule has 0 atom stereocenters. The minimum Gasteiger partial charge on any atom is -0.326 e. The molecule has 0 saturated carbocycles. The van der Waals surface area contributed by atoms with Crippen molar-refractivity contribution < 1.29 is 14.4 Å². The zero-order valence-electron chi connectivity index (χ0n) is 16.6. The van der Waals surface area contributed by atoms with E-state index in [1.54, 1.807) is 30.3 Å². The first kappa shape index (κ1) is 20.8. The summed E-state index contributed by atoms with van der Waals surface area (Å²) in [6.45, 7) is 1.93. The Bertz CT molecular complexity index is 1080. The van der Waals surface area contributed by atoms with Gasteiger partial charge in [-0.2, -0.15) is 0 Å². The van der Waals surface area contributed by atoms with Crippen LogP contribution in [-0.4, -0.2) is 17.7 Å². The number of hydrazine groups is 1. The zero-order chi connectivity index (χ0) is 21.3. The largest absolute Gasteiger partial charge is 0.326 e. The summed E-state index contributed by atoms with van der Waals surface area (Å²) < 4.78 is 0.